The summed E-state index contributed by atoms with van der Waals surface area (Å²) in [5.74, 6) is 1.53. The molecule has 1 aromatic rings. The lowest BCUT2D eigenvalue weighted by Gasteiger charge is -2.23. The minimum absolute atomic E-state index is 0.269. The van der Waals surface area contributed by atoms with E-state index in [0.717, 1.165) is 30.9 Å². The Balaban J connectivity index is 2.27. The number of hydrogen-bond donors (Lipinski definition) is 1. The summed E-state index contributed by atoms with van der Waals surface area (Å²) in [6.07, 6.45) is 2.24. The molecule has 2 unspecified atom stereocenters. The standard InChI is InChI=1S/C13H20ClN3O/c1-8(2)11-12(14)15-7-16-13(11)17-5-4-10(6-17)9(3)18/h7-10,18H,4-6H2,1-3H3. The molecule has 100 valence electrons. The maximum absolute atomic E-state index is 9.66. The van der Waals surface area contributed by atoms with E-state index >= 15 is 0 Å². The lowest BCUT2D eigenvalue weighted by molar-refractivity contribution is 0.136. The number of halogens is 1. The third-order valence-corrected chi connectivity index (χ3v) is 3.90. The fraction of sp³-hybridized carbons (Fsp3) is 0.692. The van der Waals surface area contributed by atoms with E-state index in [1.807, 2.05) is 6.92 Å². The molecule has 1 aromatic heterocycles. The SMILES string of the molecule is CC(C)c1c(Cl)ncnc1N1CCC(C(C)O)C1. The summed E-state index contributed by atoms with van der Waals surface area (Å²) in [5.41, 5.74) is 1.01. The number of rotatable bonds is 3. The van der Waals surface area contributed by atoms with Crippen LogP contribution in [0.5, 0.6) is 0 Å². The largest absolute Gasteiger partial charge is 0.393 e. The van der Waals surface area contributed by atoms with E-state index in [9.17, 15) is 5.11 Å². The summed E-state index contributed by atoms with van der Waals surface area (Å²) in [4.78, 5) is 10.7. The topological polar surface area (TPSA) is 49.2 Å². The van der Waals surface area contributed by atoms with Gasteiger partial charge in [-0.2, -0.15) is 0 Å². The van der Waals surface area contributed by atoms with Crippen molar-refractivity contribution in [1.29, 1.82) is 0 Å². The smallest absolute Gasteiger partial charge is 0.138 e. The molecule has 1 aliphatic rings. The molecule has 0 aromatic carbocycles. The number of nitrogens with zero attached hydrogens (tertiary/aromatic N) is 3. The fourth-order valence-electron chi connectivity index (χ4n) is 2.49. The van der Waals surface area contributed by atoms with Gasteiger partial charge in [0, 0.05) is 24.6 Å². The maximum atomic E-state index is 9.66. The molecule has 0 bridgehead atoms. The van der Waals surface area contributed by atoms with Crippen molar-refractivity contribution < 1.29 is 5.11 Å². The Kier molecular flexibility index (Phi) is 4.07. The highest BCUT2D eigenvalue weighted by molar-refractivity contribution is 6.30. The van der Waals surface area contributed by atoms with Crippen molar-refractivity contribution in [2.75, 3.05) is 18.0 Å². The van der Waals surface area contributed by atoms with Crippen molar-refractivity contribution in [2.24, 2.45) is 5.92 Å². The predicted octanol–water partition coefficient (Wildman–Crippen LogP) is 2.46. The lowest BCUT2D eigenvalue weighted by atomic mass is 10.0. The number of aromatic nitrogens is 2. The Bertz CT molecular complexity index is 423. The number of aliphatic hydroxyl groups is 1. The molecular formula is C13H20ClN3O. The van der Waals surface area contributed by atoms with E-state index in [1.54, 1.807) is 0 Å². The third kappa shape index (κ3) is 2.59. The summed E-state index contributed by atoms with van der Waals surface area (Å²) in [6, 6.07) is 0. The van der Waals surface area contributed by atoms with Crippen LogP contribution in [0.15, 0.2) is 6.33 Å². The summed E-state index contributed by atoms with van der Waals surface area (Å²) in [7, 11) is 0. The molecule has 1 N–H and O–H groups in total. The van der Waals surface area contributed by atoms with Gasteiger partial charge in [0.1, 0.15) is 17.3 Å². The number of hydrogen-bond acceptors (Lipinski definition) is 4. The quantitative estimate of drug-likeness (QED) is 0.857. The Labute approximate surface area is 113 Å². The first-order valence-electron chi connectivity index (χ1n) is 6.44. The minimum atomic E-state index is -0.269. The average molecular weight is 270 g/mol. The van der Waals surface area contributed by atoms with Crippen molar-refractivity contribution in [2.45, 2.75) is 39.2 Å². The molecule has 1 fully saturated rings. The third-order valence-electron chi connectivity index (χ3n) is 3.60. The minimum Gasteiger partial charge on any atom is -0.393 e. The van der Waals surface area contributed by atoms with Gasteiger partial charge in [-0.1, -0.05) is 25.4 Å². The first-order chi connectivity index (χ1) is 8.50. The zero-order chi connectivity index (χ0) is 13.3. The fourth-order valence-corrected chi connectivity index (χ4v) is 2.83. The molecule has 1 saturated heterocycles. The summed E-state index contributed by atoms with van der Waals surface area (Å²) >= 11 is 6.17. The summed E-state index contributed by atoms with van der Waals surface area (Å²) in [5, 5.41) is 10.2. The van der Waals surface area contributed by atoms with E-state index < -0.39 is 0 Å². The van der Waals surface area contributed by atoms with E-state index in [0.29, 0.717) is 17.0 Å². The zero-order valence-corrected chi connectivity index (χ0v) is 11.9. The number of aliphatic hydroxyl groups excluding tert-OH is 1. The highest BCUT2D eigenvalue weighted by Gasteiger charge is 2.29. The Morgan fingerprint density at radius 1 is 1.39 bits per heavy atom. The molecule has 0 spiro atoms. The molecule has 18 heavy (non-hydrogen) atoms. The van der Waals surface area contributed by atoms with Crippen LogP contribution >= 0.6 is 11.6 Å². The van der Waals surface area contributed by atoms with Crippen LogP contribution in [-0.2, 0) is 0 Å². The summed E-state index contributed by atoms with van der Waals surface area (Å²) in [6.45, 7) is 7.80. The van der Waals surface area contributed by atoms with Gasteiger partial charge in [0.25, 0.3) is 0 Å². The van der Waals surface area contributed by atoms with Crippen LogP contribution in [0.2, 0.25) is 5.15 Å². The van der Waals surface area contributed by atoms with Gasteiger partial charge in [0.05, 0.1) is 6.10 Å². The van der Waals surface area contributed by atoms with E-state index in [1.165, 1.54) is 6.33 Å². The molecule has 2 rings (SSSR count). The van der Waals surface area contributed by atoms with E-state index in [2.05, 4.69) is 28.7 Å². The second-order valence-electron chi connectivity index (χ2n) is 5.29. The highest BCUT2D eigenvalue weighted by atomic mass is 35.5. The second-order valence-corrected chi connectivity index (χ2v) is 5.65. The molecule has 1 aliphatic heterocycles. The van der Waals surface area contributed by atoms with Crippen molar-refractivity contribution in [1.82, 2.24) is 9.97 Å². The van der Waals surface area contributed by atoms with Crippen LogP contribution in [-0.4, -0.2) is 34.3 Å². The van der Waals surface area contributed by atoms with E-state index in [4.69, 9.17) is 11.6 Å². The van der Waals surface area contributed by atoms with Gasteiger partial charge >= 0.3 is 0 Å². The lowest BCUT2D eigenvalue weighted by Crippen LogP contribution is -2.26. The number of anilines is 1. The van der Waals surface area contributed by atoms with Gasteiger partial charge in [-0.25, -0.2) is 9.97 Å². The molecule has 0 amide bonds. The molecule has 0 radical (unpaired) electrons. The maximum Gasteiger partial charge on any atom is 0.138 e. The van der Waals surface area contributed by atoms with Gasteiger partial charge < -0.3 is 10.0 Å². The second kappa shape index (κ2) is 5.41. The van der Waals surface area contributed by atoms with Crippen LogP contribution in [0, 0.1) is 5.92 Å². The monoisotopic (exact) mass is 269 g/mol. The zero-order valence-electron chi connectivity index (χ0n) is 11.1. The Morgan fingerprint density at radius 2 is 2.11 bits per heavy atom. The predicted molar refractivity (Wildman–Crippen MR) is 73.1 cm³/mol. The normalized spacial score (nSPS) is 21.7. The van der Waals surface area contributed by atoms with Gasteiger partial charge in [-0.15, -0.1) is 0 Å². The average Bonchev–Trinajstić information content (AvgIpc) is 2.77. The molecule has 0 saturated carbocycles. The molecule has 5 heteroatoms. The molecule has 4 nitrogen and oxygen atoms in total. The van der Waals surface area contributed by atoms with Gasteiger partial charge in [0.2, 0.25) is 0 Å². The molecule has 0 aliphatic carbocycles. The Hall–Kier alpha value is -0.870. The van der Waals surface area contributed by atoms with Crippen LogP contribution < -0.4 is 4.90 Å². The molecule has 2 heterocycles. The van der Waals surface area contributed by atoms with Gasteiger partial charge in [0.15, 0.2) is 0 Å². The van der Waals surface area contributed by atoms with Gasteiger partial charge in [-0.3, -0.25) is 0 Å². The van der Waals surface area contributed by atoms with Crippen molar-refractivity contribution in [3.8, 4) is 0 Å². The Morgan fingerprint density at radius 3 is 2.67 bits per heavy atom. The van der Waals surface area contributed by atoms with Crippen molar-refractivity contribution >= 4 is 17.4 Å². The van der Waals surface area contributed by atoms with Crippen molar-refractivity contribution in [3.63, 3.8) is 0 Å². The molecular weight excluding hydrogens is 250 g/mol. The van der Waals surface area contributed by atoms with Gasteiger partial charge in [-0.05, 0) is 19.3 Å². The summed E-state index contributed by atoms with van der Waals surface area (Å²) < 4.78 is 0. The highest BCUT2D eigenvalue weighted by Crippen LogP contribution is 2.33. The van der Waals surface area contributed by atoms with Crippen molar-refractivity contribution in [3.05, 3.63) is 17.0 Å². The van der Waals surface area contributed by atoms with Crippen LogP contribution in [0.25, 0.3) is 0 Å². The van der Waals surface area contributed by atoms with E-state index in [-0.39, 0.29) is 6.10 Å². The molecule has 2 atom stereocenters. The van der Waals surface area contributed by atoms with Crippen LogP contribution in [0.4, 0.5) is 5.82 Å². The first kappa shape index (κ1) is 13.6. The first-order valence-corrected chi connectivity index (χ1v) is 6.82. The van der Waals surface area contributed by atoms with Crippen LogP contribution in [0.3, 0.4) is 0 Å². The van der Waals surface area contributed by atoms with Crippen LogP contribution in [0.1, 0.15) is 38.7 Å².